The average Bonchev–Trinajstić information content (AvgIpc) is 2.73. The monoisotopic (exact) mass is 492 g/mol. The number of hydrogen-bond acceptors (Lipinski definition) is 9. The van der Waals surface area contributed by atoms with Crippen molar-refractivity contribution < 1.29 is 39.0 Å². The SMILES string of the molecule is NCCCCC(NC(=O)C(N)CCC(N)=O)C(=O)NC(CS)C(=O)NC(CC(=O)O)C(=O)O. The van der Waals surface area contributed by atoms with Crippen molar-refractivity contribution in [3.05, 3.63) is 0 Å². The van der Waals surface area contributed by atoms with Crippen LogP contribution in [0, 0.1) is 0 Å². The third-order valence-corrected chi connectivity index (χ3v) is 4.79. The Balaban J connectivity index is 5.25. The number of carbonyl (C=O) groups is 6. The van der Waals surface area contributed by atoms with Gasteiger partial charge < -0.3 is 43.4 Å². The van der Waals surface area contributed by atoms with Crippen LogP contribution in [0.25, 0.3) is 0 Å². The lowest BCUT2D eigenvalue weighted by Gasteiger charge is -2.24. The molecule has 0 aliphatic carbocycles. The van der Waals surface area contributed by atoms with Gasteiger partial charge in [-0.2, -0.15) is 12.6 Å². The molecule has 0 spiro atoms. The Kier molecular flexibility index (Phi) is 14.4. The van der Waals surface area contributed by atoms with Gasteiger partial charge >= 0.3 is 11.9 Å². The minimum Gasteiger partial charge on any atom is -0.481 e. The summed E-state index contributed by atoms with van der Waals surface area (Å²) >= 11 is 3.97. The summed E-state index contributed by atoms with van der Waals surface area (Å²) < 4.78 is 0. The molecule has 4 unspecified atom stereocenters. The van der Waals surface area contributed by atoms with E-state index in [9.17, 15) is 28.8 Å². The fraction of sp³-hybridized carbons (Fsp3) is 0.667. The van der Waals surface area contributed by atoms with Gasteiger partial charge in [-0.05, 0) is 32.2 Å². The van der Waals surface area contributed by atoms with Crippen molar-refractivity contribution in [1.29, 1.82) is 0 Å². The van der Waals surface area contributed by atoms with Gasteiger partial charge in [0.1, 0.15) is 18.1 Å². The van der Waals surface area contributed by atoms with Crippen LogP contribution in [-0.4, -0.2) is 82.2 Å². The highest BCUT2D eigenvalue weighted by atomic mass is 32.1. The van der Waals surface area contributed by atoms with E-state index in [-0.39, 0.29) is 25.0 Å². The average molecular weight is 493 g/mol. The number of carboxylic acids is 2. The molecular weight excluding hydrogens is 460 g/mol. The molecule has 4 amide bonds. The summed E-state index contributed by atoms with van der Waals surface area (Å²) in [6, 6.07) is -5.22. The normalized spacial score (nSPS) is 14.3. The quantitative estimate of drug-likeness (QED) is 0.0719. The Bertz CT molecular complexity index is 722. The minimum atomic E-state index is -1.71. The van der Waals surface area contributed by atoms with Gasteiger partial charge in [0.2, 0.25) is 23.6 Å². The second kappa shape index (κ2) is 15.8. The summed E-state index contributed by atoms with van der Waals surface area (Å²) in [6.45, 7) is 0.349. The molecule has 0 aromatic heterocycles. The van der Waals surface area contributed by atoms with Gasteiger partial charge in [0.05, 0.1) is 12.5 Å². The van der Waals surface area contributed by atoms with Crippen molar-refractivity contribution >= 4 is 48.2 Å². The number of nitrogens with two attached hydrogens (primary N) is 3. The number of carbonyl (C=O) groups excluding carboxylic acids is 4. The zero-order valence-electron chi connectivity index (χ0n) is 18.0. The van der Waals surface area contributed by atoms with Crippen molar-refractivity contribution in [2.75, 3.05) is 12.3 Å². The molecule has 0 saturated carbocycles. The minimum absolute atomic E-state index is 0.0276. The van der Waals surface area contributed by atoms with Gasteiger partial charge in [-0.1, -0.05) is 0 Å². The molecule has 0 radical (unpaired) electrons. The molecule has 15 heteroatoms. The second-order valence-electron chi connectivity index (χ2n) is 7.20. The maximum absolute atomic E-state index is 12.7. The van der Waals surface area contributed by atoms with E-state index >= 15 is 0 Å². The Morgan fingerprint density at radius 3 is 1.85 bits per heavy atom. The maximum Gasteiger partial charge on any atom is 0.326 e. The van der Waals surface area contributed by atoms with Crippen LogP contribution in [0.5, 0.6) is 0 Å². The Labute approximate surface area is 195 Å². The van der Waals surface area contributed by atoms with Gasteiger partial charge in [-0.3, -0.25) is 24.0 Å². The van der Waals surface area contributed by atoms with Crippen LogP contribution in [0.4, 0.5) is 0 Å². The summed E-state index contributed by atoms with van der Waals surface area (Å²) in [5, 5.41) is 24.7. The van der Waals surface area contributed by atoms with Crippen LogP contribution in [0.1, 0.15) is 38.5 Å². The molecule has 0 aliphatic rings. The molecule has 4 atom stereocenters. The number of rotatable bonds is 17. The molecule has 0 aromatic rings. The highest BCUT2D eigenvalue weighted by Crippen LogP contribution is 2.05. The lowest BCUT2D eigenvalue weighted by atomic mass is 10.1. The lowest BCUT2D eigenvalue weighted by Crippen LogP contribution is -2.57. The number of hydrogen-bond donors (Lipinski definition) is 9. The summed E-state index contributed by atoms with van der Waals surface area (Å²) in [6.07, 6.45) is 0.161. The maximum atomic E-state index is 12.7. The third-order valence-electron chi connectivity index (χ3n) is 4.43. The highest BCUT2D eigenvalue weighted by molar-refractivity contribution is 7.80. The fourth-order valence-electron chi connectivity index (χ4n) is 2.58. The standard InChI is InChI=1S/C18H32N6O8S/c19-6-2-1-3-10(22-15(28)9(20)4-5-13(21)25)16(29)24-12(8-33)17(30)23-11(18(31)32)7-14(26)27/h9-12,33H,1-8,19-20H2,(H2,21,25)(H,22,28)(H,23,30)(H,24,29)(H,26,27)(H,31,32). The van der Waals surface area contributed by atoms with Crippen molar-refractivity contribution in [2.45, 2.75) is 62.7 Å². The molecule has 0 rings (SSSR count). The van der Waals surface area contributed by atoms with Gasteiger partial charge in [0.15, 0.2) is 0 Å². The van der Waals surface area contributed by atoms with E-state index in [1.165, 1.54) is 0 Å². The molecule has 0 saturated heterocycles. The van der Waals surface area contributed by atoms with E-state index in [0.29, 0.717) is 19.4 Å². The van der Waals surface area contributed by atoms with Crippen LogP contribution >= 0.6 is 12.6 Å². The van der Waals surface area contributed by atoms with Crippen LogP contribution in [-0.2, 0) is 28.8 Å². The van der Waals surface area contributed by atoms with Gasteiger partial charge in [-0.15, -0.1) is 0 Å². The van der Waals surface area contributed by atoms with E-state index in [1.54, 1.807) is 0 Å². The molecule has 0 aliphatic heterocycles. The molecule has 33 heavy (non-hydrogen) atoms. The Morgan fingerprint density at radius 2 is 1.36 bits per heavy atom. The largest absolute Gasteiger partial charge is 0.481 e. The van der Waals surface area contributed by atoms with Crippen LogP contribution in [0.15, 0.2) is 0 Å². The van der Waals surface area contributed by atoms with Crippen molar-refractivity contribution in [2.24, 2.45) is 17.2 Å². The predicted octanol–water partition coefficient (Wildman–Crippen LogP) is -3.35. The van der Waals surface area contributed by atoms with E-state index in [2.05, 4.69) is 23.3 Å². The van der Waals surface area contributed by atoms with Gasteiger partial charge in [0, 0.05) is 12.2 Å². The van der Waals surface area contributed by atoms with Gasteiger partial charge in [0.25, 0.3) is 0 Å². The predicted molar refractivity (Wildman–Crippen MR) is 119 cm³/mol. The van der Waals surface area contributed by atoms with Gasteiger partial charge in [-0.25, -0.2) is 4.79 Å². The van der Waals surface area contributed by atoms with Crippen molar-refractivity contribution in [3.8, 4) is 0 Å². The molecule has 14 nitrogen and oxygen atoms in total. The zero-order valence-corrected chi connectivity index (χ0v) is 18.9. The number of primary amides is 1. The number of amides is 4. The summed E-state index contributed by atoms with van der Waals surface area (Å²) in [4.78, 5) is 70.2. The van der Waals surface area contributed by atoms with E-state index in [0.717, 1.165) is 0 Å². The molecule has 0 bridgehead atoms. The Hall–Kier alpha value is -2.91. The molecule has 11 N–H and O–H groups in total. The molecular formula is C18H32N6O8S. The van der Waals surface area contributed by atoms with Crippen LogP contribution in [0.3, 0.4) is 0 Å². The van der Waals surface area contributed by atoms with Crippen molar-refractivity contribution in [1.82, 2.24) is 16.0 Å². The summed E-state index contributed by atoms with van der Waals surface area (Å²) in [5.74, 6) is -6.31. The third kappa shape index (κ3) is 12.6. The first-order chi connectivity index (χ1) is 15.4. The van der Waals surface area contributed by atoms with Crippen LogP contribution in [0.2, 0.25) is 0 Å². The number of unbranched alkanes of at least 4 members (excludes halogenated alkanes) is 1. The first-order valence-electron chi connectivity index (χ1n) is 10.1. The smallest absolute Gasteiger partial charge is 0.326 e. The molecule has 0 heterocycles. The fourth-order valence-corrected chi connectivity index (χ4v) is 2.84. The molecule has 0 fully saturated rings. The Morgan fingerprint density at radius 1 is 0.818 bits per heavy atom. The van der Waals surface area contributed by atoms with E-state index in [4.69, 9.17) is 27.4 Å². The number of aliphatic carboxylic acids is 2. The lowest BCUT2D eigenvalue weighted by molar-refractivity contribution is -0.147. The first-order valence-corrected chi connectivity index (χ1v) is 10.8. The second-order valence-corrected chi connectivity index (χ2v) is 7.56. The van der Waals surface area contributed by atoms with Crippen LogP contribution < -0.4 is 33.2 Å². The molecule has 188 valence electrons. The zero-order chi connectivity index (χ0) is 25.6. The summed E-state index contributed by atoms with van der Waals surface area (Å²) in [5.41, 5.74) is 16.2. The highest BCUT2D eigenvalue weighted by Gasteiger charge is 2.30. The number of carboxylic acid groups (broad SMARTS) is 2. The topological polar surface area (TPSA) is 257 Å². The number of nitrogens with one attached hydrogen (secondary N) is 3. The van der Waals surface area contributed by atoms with Crippen molar-refractivity contribution in [3.63, 3.8) is 0 Å². The first kappa shape index (κ1) is 30.1. The van der Waals surface area contributed by atoms with E-state index < -0.39 is 66.2 Å². The number of thiol groups is 1. The summed E-state index contributed by atoms with van der Waals surface area (Å²) in [7, 11) is 0. The molecule has 0 aromatic carbocycles. The van der Waals surface area contributed by atoms with E-state index in [1.807, 2.05) is 5.32 Å².